The van der Waals surface area contributed by atoms with Gasteiger partial charge in [-0.15, -0.1) is 0 Å². The Morgan fingerprint density at radius 3 is 2.88 bits per heavy atom. The highest BCUT2D eigenvalue weighted by Crippen LogP contribution is 2.47. The lowest BCUT2D eigenvalue weighted by Gasteiger charge is -2.40. The molecule has 2 aliphatic heterocycles. The minimum absolute atomic E-state index is 0.0115. The van der Waals surface area contributed by atoms with Gasteiger partial charge in [0.1, 0.15) is 0 Å². The number of ether oxygens (including phenoxy) is 2. The van der Waals surface area contributed by atoms with Crippen molar-refractivity contribution in [2.24, 2.45) is 11.3 Å². The van der Waals surface area contributed by atoms with Crippen LogP contribution in [-0.4, -0.2) is 60.3 Å². The van der Waals surface area contributed by atoms with Gasteiger partial charge in [-0.1, -0.05) is 13.8 Å². The molecule has 4 rings (SSSR count). The van der Waals surface area contributed by atoms with Gasteiger partial charge in [0.05, 0.1) is 23.7 Å². The van der Waals surface area contributed by atoms with E-state index in [1.165, 1.54) is 0 Å². The molecule has 0 spiro atoms. The zero-order valence-electron chi connectivity index (χ0n) is 20.3. The summed E-state index contributed by atoms with van der Waals surface area (Å²) in [6.07, 6.45) is 0.209. The van der Waals surface area contributed by atoms with Crippen LogP contribution in [0.5, 0.6) is 0 Å². The number of halogens is 3. The third-order valence-corrected chi connectivity index (χ3v) is 7.87. The number of carbonyl (C=O) groups excluding carboxylic acids is 1. The summed E-state index contributed by atoms with van der Waals surface area (Å²) < 4.78 is 51.0. The van der Waals surface area contributed by atoms with Gasteiger partial charge in [-0.05, 0) is 50.2 Å². The fourth-order valence-corrected chi connectivity index (χ4v) is 5.84. The van der Waals surface area contributed by atoms with E-state index in [1.807, 2.05) is 6.92 Å². The fraction of sp³-hybridized carbons (Fsp3) is 0.760. The smallest absolute Gasteiger partial charge is 0.379 e. The predicted molar refractivity (Wildman–Crippen MR) is 121 cm³/mol. The highest BCUT2D eigenvalue weighted by Gasteiger charge is 2.50. The summed E-state index contributed by atoms with van der Waals surface area (Å²) in [6.45, 7) is 8.72. The van der Waals surface area contributed by atoms with Crippen molar-refractivity contribution in [2.75, 3.05) is 26.4 Å². The van der Waals surface area contributed by atoms with Crippen molar-refractivity contribution in [3.8, 4) is 0 Å². The second-order valence-electron chi connectivity index (χ2n) is 10.2. The van der Waals surface area contributed by atoms with E-state index in [0.717, 1.165) is 37.9 Å². The third kappa shape index (κ3) is 5.11. The highest BCUT2D eigenvalue weighted by molar-refractivity contribution is 5.83. The number of hydrogen-bond acceptors (Lipinski definition) is 5. The van der Waals surface area contributed by atoms with Crippen molar-refractivity contribution in [1.29, 1.82) is 0 Å². The van der Waals surface area contributed by atoms with E-state index in [4.69, 9.17) is 9.47 Å². The van der Waals surface area contributed by atoms with Crippen molar-refractivity contribution in [2.45, 2.75) is 83.8 Å². The van der Waals surface area contributed by atoms with Crippen LogP contribution in [0.4, 0.5) is 13.2 Å². The molecule has 6 nitrogen and oxygen atoms in total. The molecule has 190 valence electrons. The molecule has 3 heterocycles. The third-order valence-electron chi connectivity index (χ3n) is 7.87. The van der Waals surface area contributed by atoms with E-state index in [9.17, 15) is 18.0 Å². The number of amides is 1. The van der Waals surface area contributed by atoms with Crippen LogP contribution in [0.15, 0.2) is 12.3 Å². The van der Waals surface area contributed by atoms with Gasteiger partial charge < -0.3 is 19.7 Å². The summed E-state index contributed by atoms with van der Waals surface area (Å²) >= 11 is 0. The molecule has 0 unspecified atom stereocenters. The van der Waals surface area contributed by atoms with E-state index >= 15 is 0 Å². The first-order valence-corrected chi connectivity index (χ1v) is 12.4. The van der Waals surface area contributed by atoms with Crippen LogP contribution in [0, 0.1) is 11.3 Å². The van der Waals surface area contributed by atoms with E-state index in [-0.39, 0.29) is 36.6 Å². The van der Waals surface area contributed by atoms with Gasteiger partial charge in [-0.2, -0.15) is 13.2 Å². The molecule has 0 bridgehead atoms. The van der Waals surface area contributed by atoms with Gasteiger partial charge in [0.25, 0.3) is 0 Å². The first-order chi connectivity index (χ1) is 16.1. The number of pyridine rings is 1. The second kappa shape index (κ2) is 10.1. The Hall–Kier alpha value is -1.71. The van der Waals surface area contributed by atoms with Crippen LogP contribution in [-0.2, 0) is 33.4 Å². The summed E-state index contributed by atoms with van der Waals surface area (Å²) in [4.78, 5) is 19.7. The van der Waals surface area contributed by atoms with Crippen LogP contribution in [0.1, 0.15) is 63.3 Å². The van der Waals surface area contributed by atoms with Crippen molar-refractivity contribution < 1.29 is 27.4 Å². The monoisotopic (exact) mass is 483 g/mol. The second-order valence-corrected chi connectivity index (χ2v) is 10.2. The van der Waals surface area contributed by atoms with Crippen molar-refractivity contribution in [3.63, 3.8) is 0 Å². The van der Waals surface area contributed by atoms with Crippen molar-refractivity contribution in [3.05, 3.63) is 29.1 Å². The molecule has 1 saturated heterocycles. The Bertz CT molecular complexity index is 877. The molecule has 1 N–H and O–H groups in total. The minimum atomic E-state index is -4.44. The standard InChI is InChI=1S/C25H36F3N3O3/c1-4-34-22-15-33-10-7-21(22)30-19-5-8-24(12-19,16(2)3)23(32)31-9-6-20-17(14-31)11-18(13-29-20)25(26,27)28/h11,13,16,19,21-22,30H,4-10,12,14-15H2,1-3H3/t19-,21-,22+,24+/m1/s1. The van der Waals surface area contributed by atoms with Crippen molar-refractivity contribution in [1.82, 2.24) is 15.2 Å². The van der Waals surface area contributed by atoms with Crippen molar-refractivity contribution >= 4 is 5.91 Å². The molecule has 0 aromatic carbocycles. The summed E-state index contributed by atoms with van der Waals surface area (Å²) in [5.41, 5.74) is -0.119. The number of carbonyl (C=O) groups is 1. The first kappa shape index (κ1) is 25.4. The molecule has 34 heavy (non-hydrogen) atoms. The maximum Gasteiger partial charge on any atom is 0.417 e. The molecule has 1 aromatic rings. The zero-order chi connectivity index (χ0) is 24.5. The van der Waals surface area contributed by atoms with Gasteiger partial charge in [-0.3, -0.25) is 9.78 Å². The van der Waals surface area contributed by atoms with Crippen LogP contribution in [0.2, 0.25) is 0 Å². The molecule has 1 aromatic heterocycles. The van der Waals surface area contributed by atoms with Gasteiger partial charge >= 0.3 is 6.18 Å². The van der Waals surface area contributed by atoms with Gasteiger partial charge in [-0.25, -0.2) is 0 Å². The lowest BCUT2D eigenvalue weighted by atomic mass is 9.74. The number of fused-ring (bicyclic) bond motifs is 1. The lowest BCUT2D eigenvalue weighted by molar-refractivity contribution is -0.146. The van der Waals surface area contributed by atoms with Crippen LogP contribution < -0.4 is 5.32 Å². The molecule has 4 atom stereocenters. The Morgan fingerprint density at radius 2 is 2.18 bits per heavy atom. The summed E-state index contributed by atoms with van der Waals surface area (Å²) in [6, 6.07) is 1.56. The Kier molecular flexibility index (Phi) is 7.55. The van der Waals surface area contributed by atoms with E-state index in [1.54, 1.807) is 4.90 Å². The number of hydrogen-bond donors (Lipinski definition) is 1. The fourth-order valence-electron chi connectivity index (χ4n) is 5.84. The topological polar surface area (TPSA) is 63.7 Å². The zero-order valence-corrected chi connectivity index (χ0v) is 20.3. The van der Waals surface area contributed by atoms with Gasteiger partial charge in [0.2, 0.25) is 5.91 Å². The average Bonchev–Trinajstić information content (AvgIpc) is 3.24. The maximum absolute atomic E-state index is 13.9. The number of aromatic nitrogens is 1. The molecule has 3 aliphatic rings. The molecule has 0 radical (unpaired) electrons. The summed E-state index contributed by atoms with van der Waals surface area (Å²) in [7, 11) is 0. The number of alkyl halides is 3. The number of rotatable bonds is 6. The molecule has 1 saturated carbocycles. The van der Waals surface area contributed by atoms with Gasteiger partial charge in [0, 0.05) is 56.7 Å². The van der Waals surface area contributed by atoms with Crippen LogP contribution >= 0.6 is 0 Å². The molecular formula is C25H36F3N3O3. The lowest BCUT2D eigenvalue weighted by Crippen LogP contribution is -2.52. The van der Waals surface area contributed by atoms with Gasteiger partial charge in [0.15, 0.2) is 0 Å². The van der Waals surface area contributed by atoms with E-state index in [0.29, 0.717) is 44.0 Å². The Balaban J connectivity index is 1.47. The molecule has 2 fully saturated rings. The van der Waals surface area contributed by atoms with Crippen LogP contribution in [0.25, 0.3) is 0 Å². The molecule has 1 aliphatic carbocycles. The predicted octanol–water partition coefficient (Wildman–Crippen LogP) is 3.96. The molecule has 1 amide bonds. The largest absolute Gasteiger partial charge is 0.417 e. The normalized spacial score (nSPS) is 30.0. The Labute approximate surface area is 199 Å². The minimum Gasteiger partial charge on any atom is -0.379 e. The number of nitrogens with one attached hydrogen (secondary N) is 1. The molecule has 9 heteroatoms. The molecular weight excluding hydrogens is 447 g/mol. The SMILES string of the molecule is CCO[C@H]1COCC[C@H]1N[C@@H]1CC[C@@](C(=O)N2CCc3ncc(C(F)(F)F)cc3C2)(C(C)C)C1. The quantitative estimate of drug-likeness (QED) is 0.664. The van der Waals surface area contributed by atoms with E-state index in [2.05, 4.69) is 24.1 Å². The summed E-state index contributed by atoms with van der Waals surface area (Å²) in [5, 5.41) is 3.75. The first-order valence-electron chi connectivity index (χ1n) is 12.4. The Morgan fingerprint density at radius 1 is 1.38 bits per heavy atom. The summed E-state index contributed by atoms with van der Waals surface area (Å²) in [5.74, 6) is 0.188. The van der Waals surface area contributed by atoms with E-state index < -0.39 is 17.2 Å². The average molecular weight is 484 g/mol. The maximum atomic E-state index is 13.9. The highest BCUT2D eigenvalue weighted by atomic mass is 19.4. The number of nitrogens with zero attached hydrogens (tertiary/aromatic N) is 2. The van der Waals surface area contributed by atoms with Crippen LogP contribution in [0.3, 0.4) is 0 Å².